The number of likely N-dealkylation sites (N-methyl/N-ethyl adjacent to an activating group) is 2. The minimum absolute atomic E-state index is 0.0331. The van der Waals surface area contributed by atoms with Crippen LogP contribution >= 0.6 is 0 Å². The number of para-hydroxylation sites is 1. The molecule has 0 radical (unpaired) electrons. The maximum absolute atomic E-state index is 13.2. The molecule has 1 aromatic rings. The van der Waals surface area contributed by atoms with E-state index in [1.807, 2.05) is 37.1 Å². The molecule has 0 saturated carbocycles. The number of methoxy groups -OCH3 is 1. The molecule has 2 saturated heterocycles. The monoisotopic (exact) mass is 375 g/mol. The van der Waals surface area contributed by atoms with Gasteiger partial charge in [-0.3, -0.25) is 9.69 Å². The molecule has 0 bridgehead atoms. The first-order chi connectivity index (χ1) is 13.0. The average molecular weight is 376 g/mol. The number of likely N-dealkylation sites (tertiary alicyclic amines) is 1. The van der Waals surface area contributed by atoms with Crippen molar-refractivity contribution in [2.75, 3.05) is 47.4 Å². The van der Waals surface area contributed by atoms with E-state index in [1.165, 1.54) is 0 Å². The minimum Gasteiger partial charge on any atom is -0.493 e. The normalized spacial score (nSPS) is 22.0. The Labute approximate surface area is 162 Å². The molecule has 1 N–H and O–H groups in total. The lowest BCUT2D eigenvalue weighted by atomic mass is 9.77. The number of rotatable bonds is 6. The number of carbonyl (C=O) groups is 1. The Morgan fingerprint density at radius 1 is 1.37 bits per heavy atom. The fourth-order valence-electron chi connectivity index (χ4n) is 4.61. The summed E-state index contributed by atoms with van der Waals surface area (Å²) >= 11 is 0. The van der Waals surface area contributed by atoms with Crippen molar-refractivity contribution in [3.63, 3.8) is 0 Å². The number of benzene rings is 1. The van der Waals surface area contributed by atoms with Crippen molar-refractivity contribution in [3.05, 3.63) is 23.8 Å². The van der Waals surface area contributed by atoms with Crippen molar-refractivity contribution in [1.29, 1.82) is 0 Å². The van der Waals surface area contributed by atoms with Crippen molar-refractivity contribution < 1.29 is 14.3 Å². The van der Waals surface area contributed by atoms with E-state index in [0.717, 1.165) is 50.2 Å². The average Bonchev–Trinajstić information content (AvgIpc) is 2.98. The van der Waals surface area contributed by atoms with Gasteiger partial charge in [0.15, 0.2) is 11.5 Å². The molecule has 2 heterocycles. The van der Waals surface area contributed by atoms with Gasteiger partial charge in [0.25, 0.3) is 0 Å². The van der Waals surface area contributed by atoms with Crippen molar-refractivity contribution in [2.45, 2.75) is 38.8 Å². The van der Waals surface area contributed by atoms with Crippen LogP contribution in [0.3, 0.4) is 0 Å². The Balaban J connectivity index is 1.71. The molecule has 2 fully saturated rings. The van der Waals surface area contributed by atoms with Gasteiger partial charge >= 0.3 is 0 Å². The van der Waals surface area contributed by atoms with Gasteiger partial charge in [0.1, 0.15) is 0 Å². The molecule has 1 aromatic carbocycles. The summed E-state index contributed by atoms with van der Waals surface area (Å²) in [6, 6.07) is 5.81. The summed E-state index contributed by atoms with van der Waals surface area (Å²) in [6.07, 6.45) is 3.29. The number of nitrogens with one attached hydrogen (secondary N) is 1. The largest absolute Gasteiger partial charge is 0.493 e. The van der Waals surface area contributed by atoms with Crippen LogP contribution in [0.4, 0.5) is 0 Å². The maximum Gasteiger partial charge on any atom is 0.239 e. The van der Waals surface area contributed by atoms with E-state index < -0.39 is 0 Å². The molecule has 150 valence electrons. The highest BCUT2D eigenvalue weighted by atomic mass is 16.5. The van der Waals surface area contributed by atoms with Crippen LogP contribution < -0.4 is 14.8 Å². The molecule has 2 aliphatic heterocycles. The highest BCUT2D eigenvalue weighted by molar-refractivity contribution is 5.82. The van der Waals surface area contributed by atoms with Gasteiger partial charge in [-0.05, 0) is 57.8 Å². The first-order valence-electron chi connectivity index (χ1n) is 9.94. The summed E-state index contributed by atoms with van der Waals surface area (Å²) in [7, 11) is 5.62. The predicted molar refractivity (Wildman–Crippen MR) is 106 cm³/mol. The number of ether oxygens (including phenoxy) is 2. The van der Waals surface area contributed by atoms with Crippen molar-refractivity contribution in [1.82, 2.24) is 15.1 Å². The molecule has 1 amide bonds. The lowest BCUT2D eigenvalue weighted by Gasteiger charge is -2.33. The molecular formula is C21H33N3O3. The van der Waals surface area contributed by atoms with Crippen LogP contribution in [0.25, 0.3) is 0 Å². The van der Waals surface area contributed by atoms with Crippen molar-refractivity contribution in [3.8, 4) is 11.5 Å². The summed E-state index contributed by atoms with van der Waals surface area (Å²) in [5.41, 5.74) is 1.28. The zero-order chi connectivity index (χ0) is 19.4. The van der Waals surface area contributed by atoms with Gasteiger partial charge in [0.2, 0.25) is 5.91 Å². The topological polar surface area (TPSA) is 54.0 Å². The summed E-state index contributed by atoms with van der Waals surface area (Å²) < 4.78 is 11.2. The SMILES string of the molecule is CCOc1c(CN(C)C(=O)C2CC3(CCNCC3)CN2C)cccc1OC. The molecule has 0 aliphatic carbocycles. The Morgan fingerprint density at radius 3 is 2.78 bits per heavy atom. The lowest BCUT2D eigenvalue weighted by molar-refractivity contribution is -0.134. The minimum atomic E-state index is -0.0331. The Hall–Kier alpha value is -1.79. The first kappa shape index (κ1) is 20.0. The molecule has 2 aliphatic rings. The second-order valence-corrected chi connectivity index (χ2v) is 7.96. The van der Waals surface area contributed by atoms with Crippen molar-refractivity contribution in [2.24, 2.45) is 5.41 Å². The van der Waals surface area contributed by atoms with Crippen molar-refractivity contribution >= 4 is 5.91 Å². The van der Waals surface area contributed by atoms with Crippen LogP contribution in [0.5, 0.6) is 11.5 Å². The summed E-state index contributed by atoms with van der Waals surface area (Å²) in [5.74, 6) is 1.64. The van der Waals surface area contributed by atoms with Gasteiger partial charge in [-0.1, -0.05) is 12.1 Å². The third-order valence-electron chi connectivity index (χ3n) is 6.05. The second-order valence-electron chi connectivity index (χ2n) is 7.96. The van der Waals surface area contributed by atoms with Crippen LogP contribution in [0.2, 0.25) is 0 Å². The van der Waals surface area contributed by atoms with E-state index in [0.29, 0.717) is 24.3 Å². The van der Waals surface area contributed by atoms with Crippen LogP contribution in [-0.2, 0) is 11.3 Å². The highest BCUT2D eigenvalue weighted by Crippen LogP contribution is 2.42. The standard InChI is InChI=1S/C21H33N3O3/c1-5-27-19-16(7-6-8-18(19)26-4)14-23(2)20(25)17-13-21(15-24(17)3)9-11-22-12-10-21/h6-8,17,22H,5,9-15H2,1-4H3. The number of carbonyl (C=O) groups excluding carboxylic acids is 1. The number of amides is 1. The number of hydrogen-bond acceptors (Lipinski definition) is 5. The molecule has 3 rings (SSSR count). The predicted octanol–water partition coefficient (Wildman–Crippen LogP) is 2.13. The van der Waals surface area contributed by atoms with Crippen LogP contribution in [-0.4, -0.2) is 69.2 Å². The molecule has 6 nitrogen and oxygen atoms in total. The Bertz CT molecular complexity index is 658. The third-order valence-corrected chi connectivity index (χ3v) is 6.05. The molecule has 1 spiro atoms. The number of nitrogens with zero attached hydrogens (tertiary/aromatic N) is 2. The Kier molecular flexibility index (Phi) is 6.27. The highest BCUT2D eigenvalue weighted by Gasteiger charge is 2.46. The van der Waals surface area contributed by atoms with E-state index in [9.17, 15) is 4.79 Å². The van der Waals surface area contributed by atoms with E-state index in [2.05, 4.69) is 17.3 Å². The van der Waals surface area contributed by atoms with Gasteiger partial charge in [0.05, 0.1) is 19.8 Å². The molecule has 6 heteroatoms. The Morgan fingerprint density at radius 2 is 2.11 bits per heavy atom. The molecular weight excluding hydrogens is 342 g/mol. The molecule has 0 aromatic heterocycles. The fourth-order valence-corrected chi connectivity index (χ4v) is 4.61. The maximum atomic E-state index is 13.2. The van der Waals surface area contributed by atoms with Crippen LogP contribution in [0.15, 0.2) is 18.2 Å². The molecule has 1 atom stereocenters. The zero-order valence-electron chi connectivity index (χ0n) is 17.1. The van der Waals surface area contributed by atoms with Crippen LogP contribution in [0, 0.1) is 5.41 Å². The van der Waals surface area contributed by atoms with Gasteiger partial charge in [-0.25, -0.2) is 0 Å². The quantitative estimate of drug-likeness (QED) is 0.826. The lowest BCUT2D eigenvalue weighted by Crippen LogP contribution is -2.42. The summed E-state index contributed by atoms with van der Waals surface area (Å²) in [5, 5.41) is 3.44. The second kappa shape index (κ2) is 8.48. The van der Waals surface area contributed by atoms with Crippen LogP contribution in [0.1, 0.15) is 31.7 Å². The fraction of sp³-hybridized carbons (Fsp3) is 0.667. The van der Waals surface area contributed by atoms with Gasteiger partial charge in [0, 0.05) is 25.7 Å². The third kappa shape index (κ3) is 4.22. The molecule has 1 unspecified atom stereocenters. The van der Waals surface area contributed by atoms with E-state index in [-0.39, 0.29) is 11.9 Å². The van der Waals surface area contributed by atoms with Gasteiger partial charge in [-0.2, -0.15) is 0 Å². The summed E-state index contributed by atoms with van der Waals surface area (Å²) in [6.45, 7) is 6.18. The molecule has 27 heavy (non-hydrogen) atoms. The van der Waals surface area contributed by atoms with Gasteiger partial charge < -0.3 is 19.7 Å². The van der Waals surface area contributed by atoms with Gasteiger partial charge in [-0.15, -0.1) is 0 Å². The summed E-state index contributed by atoms with van der Waals surface area (Å²) in [4.78, 5) is 17.3. The first-order valence-corrected chi connectivity index (χ1v) is 9.94. The van der Waals surface area contributed by atoms with E-state index >= 15 is 0 Å². The van der Waals surface area contributed by atoms with E-state index in [4.69, 9.17) is 9.47 Å². The number of piperidine rings is 1. The zero-order valence-corrected chi connectivity index (χ0v) is 17.1. The van der Waals surface area contributed by atoms with E-state index in [1.54, 1.807) is 7.11 Å². The number of hydrogen-bond donors (Lipinski definition) is 1. The smallest absolute Gasteiger partial charge is 0.239 e.